The van der Waals surface area contributed by atoms with Gasteiger partial charge in [0.15, 0.2) is 0 Å². The summed E-state index contributed by atoms with van der Waals surface area (Å²) in [6.45, 7) is 6.09. The van der Waals surface area contributed by atoms with Crippen molar-refractivity contribution >= 4 is 5.69 Å². The Labute approximate surface area is 120 Å². The second kappa shape index (κ2) is 6.14. The molecule has 3 heteroatoms. The van der Waals surface area contributed by atoms with E-state index in [2.05, 4.69) is 47.5 Å². The van der Waals surface area contributed by atoms with Crippen molar-refractivity contribution in [3.05, 3.63) is 53.5 Å². The molecule has 1 aliphatic rings. The van der Waals surface area contributed by atoms with Crippen molar-refractivity contribution in [3.8, 4) is 0 Å². The molecule has 3 rings (SSSR count). The van der Waals surface area contributed by atoms with Gasteiger partial charge in [-0.05, 0) is 37.1 Å². The van der Waals surface area contributed by atoms with Crippen LogP contribution in [0.1, 0.15) is 30.2 Å². The summed E-state index contributed by atoms with van der Waals surface area (Å²) in [5.74, 6) is 1.09. The largest absolute Gasteiger partial charge is 0.467 e. The van der Waals surface area contributed by atoms with Gasteiger partial charge in [0.2, 0.25) is 0 Å². The highest BCUT2D eigenvalue weighted by Gasteiger charge is 2.20. The van der Waals surface area contributed by atoms with E-state index in [1.807, 2.05) is 0 Å². The Morgan fingerprint density at radius 3 is 3.05 bits per heavy atom. The highest BCUT2D eigenvalue weighted by atomic mass is 16.3. The summed E-state index contributed by atoms with van der Waals surface area (Å²) >= 11 is 0. The zero-order valence-corrected chi connectivity index (χ0v) is 12.1. The highest BCUT2D eigenvalue weighted by molar-refractivity contribution is 5.57. The fourth-order valence-electron chi connectivity index (χ4n) is 2.81. The van der Waals surface area contributed by atoms with E-state index in [9.17, 15) is 0 Å². The lowest BCUT2D eigenvalue weighted by Crippen LogP contribution is -2.21. The van der Waals surface area contributed by atoms with Gasteiger partial charge in [-0.2, -0.15) is 0 Å². The monoisotopic (exact) mass is 270 g/mol. The highest BCUT2D eigenvalue weighted by Crippen LogP contribution is 2.29. The van der Waals surface area contributed by atoms with Gasteiger partial charge in [0, 0.05) is 24.3 Å². The molecule has 0 unspecified atom stereocenters. The van der Waals surface area contributed by atoms with Crippen LogP contribution in [0.25, 0.3) is 0 Å². The lowest BCUT2D eigenvalue weighted by Gasteiger charge is -2.18. The first kappa shape index (κ1) is 13.3. The van der Waals surface area contributed by atoms with E-state index in [1.165, 1.54) is 16.8 Å². The molecule has 0 radical (unpaired) electrons. The Kier molecular flexibility index (Phi) is 4.07. The number of nitrogens with zero attached hydrogens (tertiary/aromatic N) is 1. The molecule has 0 spiro atoms. The molecule has 20 heavy (non-hydrogen) atoms. The van der Waals surface area contributed by atoms with Gasteiger partial charge in [0.1, 0.15) is 5.76 Å². The molecule has 1 aromatic carbocycles. The van der Waals surface area contributed by atoms with Crippen LogP contribution in [0, 0.1) is 0 Å². The number of anilines is 1. The van der Waals surface area contributed by atoms with Crippen LogP contribution in [0.2, 0.25) is 0 Å². The summed E-state index contributed by atoms with van der Waals surface area (Å²) in [7, 11) is 0. The molecule has 0 amide bonds. The van der Waals surface area contributed by atoms with Crippen molar-refractivity contribution in [2.24, 2.45) is 0 Å². The van der Waals surface area contributed by atoms with Crippen molar-refractivity contribution < 1.29 is 4.42 Å². The van der Waals surface area contributed by atoms with Crippen LogP contribution in [0.4, 0.5) is 5.69 Å². The number of benzene rings is 1. The normalized spacial score (nSPS) is 13.8. The fourth-order valence-corrected chi connectivity index (χ4v) is 2.81. The molecule has 0 saturated carbocycles. The maximum atomic E-state index is 5.69. The van der Waals surface area contributed by atoms with Gasteiger partial charge in [-0.25, -0.2) is 0 Å². The number of hydrogen-bond acceptors (Lipinski definition) is 3. The Morgan fingerprint density at radius 2 is 2.15 bits per heavy atom. The zero-order valence-electron chi connectivity index (χ0n) is 12.1. The van der Waals surface area contributed by atoms with E-state index >= 15 is 0 Å². The Balaban J connectivity index is 1.69. The first-order chi connectivity index (χ1) is 9.88. The summed E-state index contributed by atoms with van der Waals surface area (Å²) in [5.41, 5.74) is 4.09. The van der Waals surface area contributed by atoms with E-state index in [1.54, 1.807) is 6.26 Å². The van der Waals surface area contributed by atoms with E-state index in [-0.39, 0.29) is 0 Å². The summed E-state index contributed by atoms with van der Waals surface area (Å²) < 4.78 is 5.69. The number of fused-ring (bicyclic) bond motifs is 1. The molecular weight excluding hydrogens is 248 g/mol. The van der Waals surface area contributed by atoms with E-state index in [4.69, 9.17) is 4.42 Å². The number of rotatable bonds is 6. The third-order valence-electron chi connectivity index (χ3n) is 3.90. The van der Waals surface area contributed by atoms with Crippen molar-refractivity contribution in [3.63, 3.8) is 0 Å². The molecular formula is C17H22N2O. The van der Waals surface area contributed by atoms with Crippen molar-refractivity contribution in [1.82, 2.24) is 5.32 Å². The maximum absolute atomic E-state index is 5.69. The first-order valence-corrected chi connectivity index (χ1v) is 7.47. The molecule has 0 atom stereocenters. The van der Waals surface area contributed by atoms with Gasteiger partial charge in [-0.15, -0.1) is 0 Å². The maximum Gasteiger partial charge on any atom is 0.127 e. The fraction of sp³-hybridized carbons (Fsp3) is 0.412. The average Bonchev–Trinajstić information content (AvgIpc) is 3.08. The minimum Gasteiger partial charge on any atom is -0.467 e. The molecule has 1 N–H and O–H groups in total. The van der Waals surface area contributed by atoms with E-state index in [0.717, 1.165) is 44.8 Å². The number of para-hydroxylation sites is 1. The molecule has 0 aliphatic carbocycles. The van der Waals surface area contributed by atoms with E-state index in [0.29, 0.717) is 0 Å². The molecule has 3 nitrogen and oxygen atoms in total. The minimum atomic E-state index is 0.868. The topological polar surface area (TPSA) is 28.4 Å². The summed E-state index contributed by atoms with van der Waals surface area (Å²) in [6.07, 6.45) is 4.10. The van der Waals surface area contributed by atoms with Crippen LogP contribution in [0.3, 0.4) is 0 Å². The van der Waals surface area contributed by atoms with Crippen LogP contribution in [0.5, 0.6) is 0 Å². The Hall–Kier alpha value is -1.74. The van der Waals surface area contributed by atoms with Gasteiger partial charge in [0.05, 0.1) is 12.8 Å². The lowest BCUT2D eigenvalue weighted by molar-refractivity contribution is 0.496. The summed E-state index contributed by atoms with van der Waals surface area (Å²) in [6, 6.07) is 10.7. The molecule has 2 aromatic rings. The predicted octanol–water partition coefficient (Wildman–Crippen LogP) is 3.34. The number of furan rings is 1. The van der Waals surface area contributed by atoms with Gasteiger partial charge < -0.3 is 14.6 Å². The van der Waals surface area contributed by atoms with Crippen LogP contribution in [-0.2, 0) is 19.5 Å². The van der Waals surface area contributed by atoms with E-state index < -0.39 is 0 Å². The number of hydrogen-bond donors (Lipinski definition) is 1. The lowest BCUT2D eigenvalue weighted by atomic mass is 10.2. The Morgan fingerprint density at radius 1 is 1.25 bits per heavy atom. The van der Waals surface area contributed by atoms with Crippen LogP contribution in [-0.4, -0.2) is 13.1 Å². The second-order valence-electron chi connectivity index (χ2n) is 5.35. The second-order valence-corrected chi connectivity index (χ2v) is 5.35. The zero-order chi connectivity index (χ0) is 13.8. The number of nitrogens with one attached hydrogen (secondary N) is 1. The summed E-state index contributed by atoms with van der Waals surface area (Å²) in [5, 5.41) is 3.44. The molecule has 0 bridgehead atoms. The van der Waals surface area contributed by atoms with Gasteiger partial charge >= 0.3 is 0 Å². The van der Waals surface area contributed by atoms with Gasteiger partial charge in [-0.3, -0.25) is 0 Å². The van der Waals surface area contributed by atoms with Gasteiger partial charge in [-0.1, -0.05) is 25.1 Å². The van der Waals surface area contributed by atoms with Crippen molar-refractivity contribution in [2.75, 3.05) is 18.0 Å². The van der Waals surface area contributed by atoms with Crippen LogP contribution in [0.15, 0.2) is 41.0 Å². The molecule has 0 saturated heterocycles. The van der Waals surface area contributed by atoms with Crippen LogP contribution >= 0.6 is 0 Å². The molecule has 1 aromatic heterocycles. The third-order valence-corrected chi connectivity index (χ3v) is 3.90. The SMILES string of the molecule is CCCNCc1ccoc1CN1CCc2ccccc21. The first-order valence-electron chi connectivity index (χ1n) is 7.47. The predicted molar refractivity (Wildman–Crippen MR) is 81.9 cm³/mol. The molecule has 0 fully saturated rings. The Bertz CT molecular complexity index is 562. The standard InChI is InChI=1S/C17H22N2O/c1-2-9-18-12-15-8-11-20-17(15)13-19-10-7-14-5-3-4-6-16(14)19/h3-6,8,11,18H,2,7,9-10,12-13H2,1H3. The van der Waals surface area contributed by atoms with Crippen LogP contribution < -0.4 is 10.2 Å². The minimum absolute atomic E-state index is 0.868. The third kappa shape index (κ3) is 2.73. The molecule has 2 heterocycles. The van der Waals surface area contributed by atoms with Gasteiger partial charge in [0.25, 0.3) is 0 Å². The summed E-state index contributed by atoms with van der Waals surface area (Å²) in [4.78, 5) is 2.41. The molecule has 106 valence electrons. The average molecular weight is 270 g/mol. The molecule has 1 aliphatic heterocycles. The van der Waals surface area contributed by atoms with Crippen molar-refractivity contribution in [2.45, 2.75) is 32.9 Å². The smallest absolute Gasteiger partial charge is 0.127 e. The quantitative estimate of drug-likeness (QED) is 0.816. The van der Waals surface area contributed by atoms with Crippen molar-refractivity contribution in [1.29, 1.82) is 0 Å².